The molecule has 0 saturated heterocycles. The SMILES string of the molecule is COc1cc(CNC(=O)[C@H](CCc2ccccc2)NC(=O)[C@@H](N)CC(=O)N(CCN)CCN)ccc1OCc1ccccc1. The summed E-state index contributed by atoms with van der Waals surface area (Å²) in [6.45, 7) is 1.76. The van der Waals surface area contributed by atoms with Crippen molar-refractivity contribution in [1.82, 2.24) is 15.5 Å². The van der Waals surface area contributed by atoms with Crippen molar-refractivity contribution < 1.29 is 23.9 Å². The standard InChI is InChI=1S/C33H44N6O5/c1-43-30-20-26(13-15-29(30)44-23-25-10-6-3-7-11-25)22-37-33(42)28(14-12-24-8-4-2-5-9-24)38-32(41)27(36)21-31(40)39(18-16-34)19-17-35/h2-11,13,15,20,27-28H,12,14,16-19,21-23,34-36H2,1H3,(H,37,42)(H,38,41)/t27-,28-/m0/s1. The average molecular weight is 605 g/mol. The van der Waals surface area contributed by atoms with Gasteiger partial charge in [0, 0.05) is 32.7 Å². The Kier molecular flexibility index (Phi) is 14.1. The molecule has 0 spiro atoms. The normalized spacial score (nSPS) is 12.1. The van der Waals surface area contributed by atoms with Crippen molar-refractivity contribution in [3.05, 3.63) is 95.6 Å². The van der Waals surface area contributed by atoms with Crippen LogP contribution in [0.25, 0.3) is 0 Å². The second kappa shape index (κ2) is 18.3. The predicted molar refractivity (Wildman–Crippen MR) is 170 cm³/mol. The lowest BCUT2D eigenvalue weighted by molar-refractivity contribution is -0.135. The Hall–Kier alpha value is -4.45. The molecule has 44 heavy (non-hydrogen) atoms. The Bertz CT molecular complexity index is 1320. The third-order valence-corrected chi connectivity index (χ3v) is 7.01. The van der Waals surface area contributed by atoms with Crippen molar-refractivity contribution in [1.29, 1.82) is 0 Å². The first-order valence-corrected chi connectivity index (χ1v) is 14.7. The smallest absolute Gasteiger partial charge is 0.242 e. The maximum Gasteiger partial charge on any atom is 0.242 e. The van der Waals surface area contributed by atoms with E-state index in [9.17, 15) is 14.4 Å². The van der Waals surface area contributed by atoms with Crippen LogP contribution < -0.4 is 37.3 Å². The maximum atomic E-state index is 13.4. The van der Waals surface area contributed by atoms with Crippen molar-refractivity contribution in [3.63, 3.8) is 0 Å². The Morgan fingerprint density at radius 1 is 0.818 bits per heavy atom. The van der Waals surface area contributed by atoms with Crippen LogP contribution in [-0.4, -0.2) is 68.0 Å². The molecule has 11 heteroatoms. The van der Waals surface area contributed by atoms with E-state index in [1.807, 2.05) is 66.7 Å². The van der Waals surface area contributed by atoms with Gasteiger partial charge >= 0.3 is 0 Å². The largest absolute Gasteiger partial charge is 0.493 e. The van der Waals surface area contributed by atoms with Crippen molar-refractivity contribution in [3.8, 4) is 11.5 Å². The highest BCUT2D eigenvalue weighted by molar-refractivity contribution is 5.92. The fraction of sp³-hybridized carbons (Fsp3) is 0.364. The van der Waals surface area contributed by atoms with Gasteiger partial charge in [0.05, 0.1) is 19.6 Å². The fourth-order valence-electron chi connectivity index (χ4n) is 4.57. The summed E-state index contributed by atoms with van der Waals surface area (Å²) >= 11 is 0. The number of amides is 3. The van der Waals surface area contributed by atoms with Gasteiger partial charge in [0.25, 0.3) is 0 Å². The van der Waals surface area contributed by atoms with Crippen LogP contribution in [0.1, 0.15) is 29.5 Å². The highest BCUT2D eigenvalue weighted by atomic mass is 16.5. The van der Waals surface area contributed by atoms with Gasteiger partial charge in [-0.05, 0) is 41.7 Å². The molecule has 0 aliphatic heterocycles. The van der Waals surface area contributed by atoms with Crippen molar-refractivity contribution in [2.45, 2.75) is 44.5 Å². The first kappa shape index (κ1) is 34.0. The number of carbonyl (C=O) groups excluding carboxylic acids is 3. The Labute approximate surface area is 259 Å². The van der Waals surface area contributed by atoms with Crippen LogP contribution in [0, 0.1) is 0 Å². The van der Waals surface area contributed by atoms with E-state index >= 15 is 0 Å². The average Bonchev–Trinajstić information content (AvgIpc) is 3.05. The molecule has 3 aromatic rings. The Morgan fingerprint density at radius 3 is 2.07 bits per heavy atom. The molecule has 0 unspecified atom stereocenters. The summed E-state index contributed by atoms with van der Waals surface area (Å²) in [7, 11) is 1.56. The van der Waals surface area contributed by atoms with Gasteiger partial charge in [-0.2, -0.15) is 0 Å². The van der Waals surface area contributed by atoms with Gasteiger partial charge in [-0.15, -0.1) is 0 Å². The number of rotatable bonds is 18. The molecule has 3 aromatic carbocycles. The van der Waals surface area contributed by atoms with E-state index in [2.05, 4.69) is 10.6 Å². The zero-order valence-corrected chi connectivity index (χ0v) is 25.2. The number of aryl methyl sites for hydroxylation is 1. The molecule has 11 nitrogen and oxygen atoms in total. The van der Waals surface area contributed by atoms with E-state index in [0.29, 0.717) is 44.0 Å². The summed E-state index contributed by atoms with van der Waals surface area (Å²) in [6, 6.07) is 22.9. The van der Waals surface area contributed by atoms with Crippen molar-refractivity contribution in [2.75, 3.05) is 33.3 Å². The molecule has 0 aliphatic carbocycles. The second-order valence-corrected chi connectivity index (χ2v) is 10.3. The van der Waals surface area contributed by atoms with Crippen LogP contribution in [0.5, 0.6) is 11.5 Å². The minimum Gasteiger partial charge on any atom is -0.493 e. The lowest BCUT2D eigenvalue weighted by Gasteiger charge is -2.24. The number of carbonyl (C=O) groups is 3. The van der Waals surface area contributed by atoms with Gasteiger partial charge in [-0.1, -0.05) is 66.7 Å². The monoisotopic (exact) mass is 604 g/mol. The molecule has 2 atom stereocenters. The molecule has 0 bridgehead atoms. The topological polar surface area (TPSA) is 175 Å². The molecular formula is C33H44N6O5. The molecule has 0 radical (unpaired) electrons. The summed E-state index contributed by atoms with van der Waals surface area (Å²) in [5, 5.41) is 5.66. The van der Waals surface area contributed by atoms with Crippen LogP contribution in [-0.2, 0) is 34.0 Å². The molecule has 0 aliphatic rings. The van der Waals surface area contributed by atoms with E-state index in [1.54, 1.807) is 19.2 Å². The van der Waals surface area contributed by atoms with Crippen LogP contribution in [0.3, 0.4) is 0 Å². The third-order valence-electron chi connectivity index (χ3n) is 7.01. The van der Waals surface area contributed by atoms with E-state index in [0.717, 1.165) is 16.7 Å². The van der Waals surface area contributed by atoms with E-state index < -0.39 is 18.0 Å². The number of nitrogens with one attached hydrogen (secondary N) is 2. The van der Waals surface area contributed by atoms with Crippen LogP contribution >= 0.6 is 0 Å². The molecule has 3 rings (SSSR count). The van der Waals surface area contributed by atoms with E-state index in [-0.39, 0.29) is 37.9 Å². The van der Waals surface area contributed by atoms with Gasteiger partial charge in [-0.3, -0.25) is 14.4 Å². The summed E-state index contributed by atoms with van der Waals surface area (Å²) in [6.07, 6.45) is 0.664. The number of hydrogen-bond donors (Lipinski definition) is 5. The summed E-state index contributed by atoms with van der Waals surface area (Å²) in [5.41, 5.74) is 20.1. The predicted octanol–water partition coefficient (Wildman–Crippen LogP) is 1.47. The molecule has 0 aromatic heterocycles. The Balaban J connectivity index is 1.64. The second-order valence-electron chi connectivity index (χ2n) is 10.3. The number of benzene rings is 3. The summed E-state index contributed by atoms with van der Waals surface area (Å²) in [5.74, 6) is -0.160. The van der Waals surface area contributed by atoms with E-state index in [1.165, 1.54) is 4.90 Å². The van der Waals surface area contributed by atoms with Gasteiger partial charge in [-0.25, -0.2) is 0 Å². The quantitative estimate of drug-likeness (QED) is 0.145. The summed E-state index contributed by atoms with van der Waals surface area (Å²) in [4.78, 5) is 40.5. The van der Waals surface area contributed by atoms with Crippen molar-refractivity contribution >= 4 is 17.7 Å². The lowest BCUT2D eigenvalue weighted by atomic mass is 10.0. The number of nitrogens with two attached hydrogens (primary N) is 3. The molecule has 0 fully saturated rings. The molecule has 0 heterocycles. The van der Waals surface area contributed by atoms with Crippen LogP contribution in [0.4, 0.5) is 0 Å². The molecule has 8 N–H and O–H groups in total. The highest BCUT2D eigenvalue weighted by Gasteiger charge is 2.26. The lowest BCUT2D eigenvalue weighted by Crippen LogP contribution is -2.53. The maximum absolute atomic E-state index is 13.4. The Morgan fingerprint density at radius 2 is 1.45 bits per heavy atom. The van der Waals surface area contributed by atoms with Crippen LogP contribution in [0.2, 0.25) is 0 Å². The first-order valence-electron chi connectivity index (χ1n) is 14.7. The minimum absolute atomic E-state index is 0.198. The number of methoxy groups -OCH3 is 1. The van der Waals surface area contributed by atoms with Gasteiger partial charge in [0.1, 0.15) is 12.6 Å². The van der Waals surface area contributed by atoms with Gasteiger partial charge in [0.15, 0.2) is 11.5 Å². The number of ether oxygens (including phenoxy) is 2. The molecule has 0 saturated carbocycles. The van der Waals surface area contributed by atoms with Crippen molar-refractivity contribution in [2.24, 2.45) is 17.2 Å². The molecule has 236 valence electrons. The molecular weight excluding hydrogens is 560 g/mol. The fourth-order valence-corrected chi connectivity index (χ4v) is 4.57. The van der Waals surface area contributed by atoms with E-state index in [4.69, 9.17) is 26.7 Å². The molecule has 3 amide bonds. The third kappa shape index (κ3) is 11.0. The van der Waals surface area contributed by atoms with Gasteiger partial charge in [0.2, 0.25) is 17.7 Å². The highest BCUT2D eigenvalue weighted by Crippen LogP contribution is 2.29. The zero-order chi connectivity index (χ0) is 31.7. The zero-order valence-electron chi connectivity index (χ0n) is 25.2. The summed E-state index contributed by atoms with van der Waals surface area (Å²) < 4.78 is 11.5. The minimum atomic E-state index is -1.14. The number of nitrogens with zero attached hydrogens (tertiary/aromatic N) is 1. The number of hydrogen-bond acceptors (Lipinski definition) is 8. The first-order chi connectivity index (χ1) is 21.3. The van der Waals surface area contributed by atoms with Crippen LogP contribution in [0.15, 0.2) is 78.9 Å². The van der Waals surface area contributed by atoms with Gasteiger partial charge < -0.3 is 42.2 Å².